The summed E-state index contributed by atoms with van der Waals surface area (Å²) in [5, 5.41) is 17.1. The van der Waals surface area contributed by atoms with Crippen LogP contribution in [0.4, 0.5) is 5.69 Å². The van der Waals surface area contributed by atoms with Gasteiger partial charge in [0.05, 0.1) is 15.6 Å². The minimum atomic E-state index is -0.420. The van der Waals surface area contributed by atoms with Gasteiger partial charge < -0.3 is 10.1 Å². The van der Waals surface area contributed by atoms with Crippen LogP contribution in [0.1, 0.15) is 23.2 Å². The SMILES string of the molecule is CCNCc1ccc(OCc2csc(C)n2)c([N+](=O)[O-])c1. The van der Waals surface area contributed by atoms with Gasteiger partial charge in [-0.3, -0.25) is 10.1 Å². The number of rotatable bonds is 7. The summed E-state index contributed by atoms with van der Waals surface area (Å²) in [5.74, 6) is 0.269. The second-order valence-electron chi connectivity index (χ2n) is 4.49. The van der Waals surface area contributed by atoms with E-state index in [1.165, 1.54) is 11.3 Å². The number of nitro benzene ring substituents is 1. The zero-order chi connectivity index (χ0) is 15.2. The minimum absolute atomic E-state index is 0.0163. The maximum atomic E-state index is 11.2. The summed E-state index contributed by atoms with van der Waals surface area (Å²) in [6.07, 6.45) is 0. The Labute approximate surface area is 126 Å². The Hall–Kier alpha value is -1.99. The third-order valence-corrected chi connectivity index (χ3v) is 3.66. The molecule has 1 aromatic heterocycles. The first-order valence-corrected chi connectivity index (χ1v) is 7.50. The molecule has 0 saturated heterocycles. The number of benzene rings is 1. The second-order valence-corrected chi connectivity index (χ2v) is 5.55. The molecule has 0 unspecified atom stereocenters. The van der Waals surface area contributed by atoms with Crippen molar-refractivity contribution in [2.24, 2.45) is 0 Å². The van der Waals surface area contributed by atoms with E-state index in [0.29, 0.717) is 6.54 Å². The van der Waals surface area contributed by atoms with E-state index < -0.39 is 4.92 Å². The Kier molecular flexibility index (Phi) is 5.24. The van der Waals surface area contributed by atoms with Crippen molar-refractivity contribution in [1.29, 1.82) is 0 Å². The molecule has 0 fully saturated rings. The zero-order valence-electron chi connectivity index (χ0n) is 12.0. The van der Waals surface area contributed by atoms with Gasteiger partial charge in [0.2, 0.25) is 0 Å². The molecule has 21 heavy (non-hydrogen) atoms. The van der Waals surface area contributed by atoms with Gasteiger partial charge >= 0.3 is 5.69 Å². The lowest BCUT2D eigenvalue weighted by Gasteiger charge is -2.07. The fourth-order valence-electron chi connectivity index (χ4n) is 1.83. The van der Waals surface area contributed by atoms with E-state index >= 15 is 0 Å². The van der Waals surface area contributed by atoms with Gasteiger partial charge in [0.15, 0.2) is 5.75 Å². The molecule has 0 atom stereocenters. The van der Waals surface area contributed by atoms with Crippen LogP contribution < -0.4 is 10.1 Å². The predicted molar refractivity (Wildman–Crippen MR) is 81.7 cm³/mol. The van der Waals surface area contributed by atoms with E-state index in [1.807, 2.05) is 25.3 Å². The largest absolute Gasteiger partial charge is 0.480 e. The molecule has 0 amide bonds. The molecule has 112 valence electrons. The topological polar surface area (TPSA) is 77.3 Å². The summed E-state index contributed by atoms with van der Waals surface area (Å²) < 4.78 is 5.54. The molecule has 6 nitrogen and oxygen atoms in total. The lowest BCUT2D eigenvalue weighted by Crippen LogP contribution is -2.12. The fraction of sp³-hybridized carbons (Fsp3) is 0.357. The number of hydrogen-bond donors (Lipinski definition) is 1. The fourth-order valence-corrected chi connectivity index (χ4v) is 2.43. The highest BCUT2D eigenvalue weighted by Gasteiger charge is 2.16. The highest BCUT2D eigenvalue weighted by Crippen LogP contribution is 2.28. The molecule has 7 heteroatoms. The summed E-state index contributed by atoms with van der Waals surface area (Å²) in [6.45, 7) is 5.55. The van der Waals surface area contributed by atoms with Gasteiger partial charge in [0.25, 0.3) is 0 Å². The zero-order valence-corrected chi connectivity index (χ0v) is 12.8. The molecule has 0 radical (unpaired) electrons. The smallest absolute Gasteiger partial charge is 0.311 e. The van der Waals surface area contributed by atoms with Crippen LogP contribution in [0.25, 0.3) is 0 Å². The number of ether oxygens (including phenoxy) is 1. The molecule has 0 saturated carbocycles. The second kappa shape index (κ2) is 7.14. The Bertz CT molecular complexity index is 628. The number of hydrogen-bond acceptors (Lipinski definition) is 6. The molecule has 1 N–H and O–H groups in total. The normalized spacial score (nSPS) is 10.6. The van der Waals surface area contributed by atoms with Crippen molar-refractivity contribution in [3.63, 3.8) is 0 Å². The third kappa shape index (κ3) is 4.24. The van der Waals surface area contributed by atoms with E-state index in [-0.39, 0.29) is 18.0 Å². The van der Waals surface area contributed by atoms with Crippen LogP contribution in [0, 0.1) is 17.0 Å². The van der Waals surface area contributed by atoms with Crippen molar-refractivity contribution in [2.75, 3.05) is 6.54 Å². The summed E-state index contributed by atoms with van der Waals surface area (Å²) in [6, 6.07) is 5.02. The highest BCUT2D eigenvalue weighted by atomic mass is 32.1. The van der Waals surface area contributed by atoms with Gasteiger partial charge in [0.1, 0.15) is 6.61 Å². The van der Waals surface area contributed by atoms with Crippen LogP contribution in [0.2, 0.25) is 0 Å². The summed E-state index contributed by atoms with van der Waals surface area (Å²) in [4.78, 5) is 15.0. The van der Waals surface area contributed by atoms with Crippen LogP contribution in [0.5, 0.6) is 5.75 Å². The van der Waals surface area contributed by atoms with Crippen molar-refractivity contribution in [3.05, 3.63) is 50.0 Å². The molecule has 1 aromatic carbocycles. The van der Waals surface area contributed by atoms with E-state index in [2.05, 4.69) is 10.3 Å². The molecule has 0 aliphatic rings. The summed E-state index contributed by atoms with van der Waals surface area (Å²) in [7, 11) is 0. The van der Waals surface area contributed by atoms with Gasteiger partial charge in [-0.1, -0.05) is 13.0 Å². The van der Waals surface area contributed by atoms with Crippen molar-refractivity contribution in [2.45, 2.75) is 27.0 Å². The highest BCUT2D eigenvalue weighted by molar-refractivity contribution is 7.09. The number of thiazole rings is 1. The van der Waals surface area contributed by atoms with Crippen molar-refractivity contribution < 1.29 is 9.66 Å². The Balaban J connectivity index is 2.12. The summed E-state index contributed by atoms with van der Waals surface area (Å²) in [5.41, 5.74) is 1.63. The van der Waals surface area contributed by atoms with Gasteiger partial charge in [-0.25, -0.2) is 4.98 Å². The molecule has 0 spiro atoms. The van der Waals surface area contributed by atoms with Gasteiger partial charge in [-0.2, -0.15) is 0 Å². The third-order valence-electron chi connectivity index (χ3n) is 2.84. The Morgan fingerprint density at radius 1 is 1.48 bits per heavy atom. The Morgan fingerprint density at radius 2 is 2.29 bits per heavy atom. The van der Waals surface area contributed by atoms with Crippen molar-refractivity contribution in [3.8, 4) is 5.75 Å². The maximum absolute atomic E-state index is 11.2. The van der Waals surface area contributed by atoms with Crippen LogP contribution in [0.15, 0.2) is 23.6 Å². The van der Waals surface area contributed by atoms with E-state index in [4.69, 9.17) is 4.74 Å². The molecule has 2 rings (SSSR count). The van der Waals surface area contributed by atoms with Crippen LogP contribution >= 0.6 is 11.3 Å². The monoisotopic (exact) mass is 307 g/mol. The Morgan fingerprint density at radius 3 is 2.90 bits per heavy atom. The van der Waals surface area contributed by atoms with Gasteiger partial charge in [-0.15, -0.1) is 11.3 Å². The molecule has 2 aromatic rings. The van der Waals surface area contributed by atoms with E-state index in [0.717, 1.165) is 22.8 Å². The standard InChI is InChI=1S/C14H17N3O3S/c1-3-15-7-11-4-5-14(13(6-11)17(18)19)20-8-12-9-21-10(2)16-12/h4-6,9,15H,3,7-8H2,1-2H3. The quantitative estimate of drug-likeness (QED) is 0.628. The van der Waals surface area contributed by atoms with E-state index in [9.17, 15) is 10.1 Å². The van der Waals surface area contributed by atoms with Crippen molar-refractivity contribution in [1.82, 2.24) is 10.3 Å². The number of aromatic nitrogens is 1. The van der Waals surface area contributed by atoms with Crippen LogP contribution in [0.3, 0.4) is 0 Å². The molecular weight excluding hydrogens is 290 g/mol. The molecule has 0 bridgehead atoms. The molecule has 0 aliphatic carbocycles. The number of nitrogens with one attached hydrogen (secondary N) is 1. The number of nitrogens with zero attached hydrogens (tertiary/aromatic N) is 2. The first kappa shape index (κ1) is 15.4. The van der Waals surface area contributed by atoms with Gasteiger partial charge in [-0.05, 0) is 25.1 Å². The number of aryl methyl sites for hydroxylation is 1. The summed E-state index contributed by atoms with van der Waals surface area (Å²) >= 11 is 1.53. The maximum Gasteiger partial charge on any atom is 0.311 e. The van der Waals surface area contributed by atoms with Gasteiger partial charge in [0, 0.05) is 18.0 Å². The van der Waals surface area contributed by atoms with Crippen molar-refractivity contribution >= 4 is 17.0 Å². The molecule has 1 heterocycles. The van der Waals surface area contributed by atoms with Crippen LogP contribution in [-0.4, -0.2) is 16.5 Å². The molecule has 0 aliphatic heterocycles. The lowest BCUT2D eigenvalue weighted by atomic mass is 10.2. The van der Waals surface area contributed by atoms with Crippen LogP contribution in [-0.2, 0) is 13.2 Å². The average molecular weight is 307 g/mol. The first-order chi connectivity index (χ1) is 10.1. The first-order valence-electron chi connectivity index (χ1n) is 6.62. The number of nitro groups is 1. The van der Waals surface area contributed by atoms with E-state index in [1.54, 1.807) is 12.1 Å². The average Bonchev–Trinajstić information content (AvgIpc) is 2.88. The lowest BCUT2D eigenvalue weighted by molar-refractivity contribution is -0.386. The molecular formula is C14H17N3O3S. The minimum Gasteiger partial charge on any atom is -0.480 e. The predicted octanol–water partition coefficient (Wildman–Crippen LogP) is 3.05.